The molecule has 0 aromatic rings. The van der Waals surface area contributed by atoms with Crippen LogP contribution in [0.25, 0.3) is 0 Å². The second-order valence-electron chi connectivity index (χ2n) is 4.97. The van der Waals surface area contributed by atoms with E-state index in [1.807, 2.05) is 13.8 Å². The molecule has 0 heterocycles. The number of nitrogens with zero attached hydrogens (tertiary/aromatic N) is 1. The maximum atomic E-state index is 8.74. The molecule has 12 heavy (non-hydrogen) atoms. The maximum Gasteiger partial charge on any atom is 0.0687 e. The molecule has 1 nitrogen and oxygen atoms in total. The Kier molecular flexibility index (Phi) is 3.52. The number of hydrogen-bond acceptors (Lipinski definition) is 1. The lowest BCUT2D eigenvalue weighted by Gasteiger charge is -2.14. The van der Waals surface area contributed by atoms with Crippen LogP contribution in [0.1, 0.15) is 41.0 Å². The van der Waals surface area contributed by atoms with Gasteiger partial charge in [0.2, 0.25) is 0 Å². The summed E-state index contributed by atoms with van der Waals surface area (Å²) in [5.41, 5.74) is 0.00723. The van der Waals surface area contributed by atoms with Gasteiger partial charge in [-0.2, -0.15) is 5.26 Å². The van der Waals surface area contributed by atoms with Crippen LogP contribution < -0.4 is 0 Å². The molecule has 0 aliphatic rings. The first-order valence-corrected chi connectivity index (χ1v) is 4.36. The maximum absolute atomic E-state index is 8.74. The van der Waals surface area contributed by atoms with Crippen molar-refractivity contribution in [3.8, 4) is 6.07 Å². The van der Waals surface area contributed by atoms with Gasteiger partial charge in [-0.05, 0) is 25.7 Å². The molecule has 1 heteroatoms. The molecule has 0 radical (unpaired) electrons. The van der Waals surface area contributed by atoms with Crippen LogP contribution >= 0.6 is 0 Å². The van der Waals surface area contributed by atoms with Gasteiger partial charge in [0.05, 0.1) is 11.5 Å². The molecule has 68 valence electrons. The second-order valence-corrected chi connectivity index (χ2v) is 4.97. The topological polar surface area (TPSA) is 23.8 Å². The normalized spacial score (nSPS) is 13.3. The summed E-state index contributed by atoms with van der Waals surface area (Å²) in [5.74, 6) is 0. The summed E-state index contributed by atoms with van der Waals surface area (Å²) in [6.45, 7) is 10.4. The number of allylic oxidation sites excluding steroid dienone is 2. The summed E-state index contributed by atoms with van der Waals surface area (Å²) >= 11 is 0. The van der Waals surface area contributed by atoms with Crippen LogP contribution in [0.3, 0.4) is 0 Å². The third-order valence-electron chi connectivity index (χ3n) is 1.55. The highest BCUT2D eigenvalue weighted by molar-refractivity contribution is 5.01. The third kappa shape index (κ3) is 5.97. The molecule has 0 spiro atoms. The van der Waals surface area contributed by atoms with Crippen molar-refractivity contribution in [1.82, 2.24) is 0 Å². The lowest BCUT2D eigenvalue weighted by atomic mass is 9.89. The first-order chi connectivity index (χ1) is 5.27. The average Bonchev–Trinajstić information content (AvgIpc) is 1.84. The zero-order valence-corrected chi connectivity index (χ0v) is 8.81. The highest BCUT2D eigenvalue weighted by Crippen LogP contribution is 2.21. The van der Waals surface area contributed by atoms with E-state index in [2.05, 4.69) is 39.0 Å². The van der Waals surface area contributed by atoms with E-state index in [1.165, 1.54) is 0 Å². The van der Waals surface area contributed by atoms with E-state index in [0.29, 0.717) is 0 Å². The van der Waals surface area contributed by atoms with Crippen LogP contribution in [0.4, 0.5) is 0 Å². The molecule has 0 amide bonds. The Morgan fingerprint density at radius 2 is 1.67 bits per heavy atom. The fraction of sp³-hybridized carbons (Fsp3) is 0.727. The van der Waals surface area contributed by atoms with E-state index in [9.17, 15) is 0 Å². The molecule has 0 atom stereocenters. The Hall–Kier alpha value is -0.770. The van der Waals surface area contributed by atoms with Crippen LogP contribution in [0.2, 0.25) is 0 Å². The molecule has 0 aromatic carbocycles. The Balaban J connectivity index is 4.02. The molecule has 0 fully saturated rings. The van der Waals surface area contributed by atoms with E-state index in [4.69, 9.17) is 5.26 Å². The zero-order valence-electron chi connectivity index (χ0n) is 8.81. The Morgan fingerprint density at radius 3 is 2.00 bits per heavy atom. The fourth-order valence-corrected chi connectivity index (χ4v) is 0.753. The summed E-state index contributed by atoms with van der Waals surface area (Å²) in [4.78, 5) is 0. The van der Waals surface area contributed by atoms with Crippen molar-refractivity contribution in [1.29, 1.82) is 5.26 Å². The molecule has 0 rings (SSSR count). The van der Waals surface area contributed by atoms with Crippen molar-refractivity contribution in [3.63, 3.8) is 0 Å². The standard InChI is InChI=1S/C11H19N/c1-10(2,3)7-6-8-11(4,5)9-12/h6-7H,8H2,1-5H3/b7-6+. The Morgan fingerprint density at radius 1 is 1.17 bits per heavy atom. The zero-order chi connectivity index (χ0) is 9.83. The summed E-state index contributed by atoms with van der Waals surface area (Å²) in [7, 11) is 0. The molecule has 0 saturated carbocycles. The molecule has 0 aliphatic carbocycles. The molecular weight excluding hydrogens is 146 g/mol. The van der Waals surface area contributed by atoms with Crippen LogP contribution in [-0.2, 0) is 0 Å². The predicted molar refractivity (Wildman–Crippen MR) is 52.6 cm³/mol. The van der Waals surface area contributed by atoms with E-state index in [1.54, 1.807) is 0 Å². The Bertz CT molecular complexity index is 198. The highest BCUT2D eigenvalue weighted by atomic mass is 14.3. The summed E-state index contributed by atoms with van der Waals surface area (Å²) in [6, 6.07) is 2.28. The monoisotopic (exact) mass is 165 g/mol. The van der Waals surface area contributed by atoms with Crippen molar-refractivity contribution >= 4 is 0 Å². The summed E-state index contributed by atoms with van der Waals surface area (Å²) in [5, 5.41) is 8.74. The molecule has 0 aliphatic heterocycles. The van der Waals surface area contributed by atoms with E-state index < -0.39 is 0 Å². The fourth-order valence-electron chi connectivity index (χ4n) is 0.753. The number of rotatable bonds is 2. The quantitative estimate of drug-likeness (QED) is 0.574. The molecule has 0 N–H and O–H groups in total. The van der Waals surface area contributed by atoms with Gasteiger partial charge in [-0.1, -0.05) is 32.9 Å². The SMILES string of the molecule is CC(C)(C)/C=C/CC(C)(C)C#N. The average molecular weight is 165 g/mol. The van der Waals surface area contributed by atoms with Gasteiger partial charge in [-0.3, -0.25) is 0 Å². The van der Waals surface area contributed by atoms with Gasteiger partial charge in [0, 0.05) is 0 Å². The molecule has 0 bridgehead atoms. The minimum absolute atomic E-state index is 0.220. The summed E-state index contributed by atoms with van der Waals surface area (Å²) in [6.07, 6.45) is 5.09. The van der Waals surface area contributed by atoms with Gasteiger partial charge in [0.1, 0.15) is 0 Å². The predicted octanol–water partition coefficient (Wildman–Crippen LogP) is 3.53. The second kappa shape index (κ2) is 3.76. The molecular formula is C11H19N. The largest absolute Gasteiger partial charge is 0.198 e. The van der Waals surface area contributed by atoms with Crippen molar-refractivity contribution in [2.24, 2.45) is 10.8 Å². The lowest BCUT2D eigenvalue weighted by Crippen LogP contribution is -2.06. The van der Waals surface area contributed by atoms with Gasteiger partial charge in [-0.15, -0.1) is 0 Å². The summed E-state index contributed by atoms with van der Waals surface area (Å²) < 4.78 is 0. The van der Waals surface area contributed by atoms with Crippen LogP contribution in [0, 0.1) is 22.2 Å². The van der Waals surface area contributed by atoms with E-state index in [-0.39, 0.29) is 10.8 Å². The minimum Gasteiger partial charge on any atom is -0.198 e. The molecule has 0 aromatic heterocycles. The lowest BCUT2D eigenvalue weighted by molar-refractivity contribution is 0.493. The Labute approximate surface area is 76.1 Å². The van der Waals surface area contributed by atoms with Crippen molar-refractivity contribution < 1.29 is 0 Å². The van der Waals surface area contributed by atoms with Gasteiger partial charge in [0.25, 0.3) is 0 Å². The highest BCUT2D eigenvalue weighted by Gasteiger charge is 2.14. The minimum atomic E-state index is -0.220. The number of nitriles is 1. The molecule has 0 unspecified atom stereocenters. The van der Waals surface area contributed by atoms with Gasteiger partial charge >= 0.3 is 0 Å². The van der Waals surface area contributed by atoms with Gasteiger partial charge < -0.3 is 0 Å². The van der Waals surface area contributed by atoms with Crippen molar-refractivity contribution in [3.05, 3.63) is 12.2 Å². The van der Waals surface area contributed by atoms with Crippen LogP contribution in [-0.4, -0.2) is 0 Å². The smallest absolute Gasteiger partial charge is 0.0687 e. The van der Waals surface area contributed by atoms with Crippen LogP contribution in [0.5, 0.6) is 0 Å². The van der Waals surface area contributed by atoms with Gasteiger partial charge in [-0.25, -0.2) is 0 Å². The van der Waals surface area contributed by atoms with Crippen molar-refractivity contribution in [2.75, 3.05) is 0 Å². The van der Waals surface area contributed by atoms with E-state index in [0.717, 1.165) is 6.42 Å². The van der Waals surface area contributed by atoms with Gasteiger partial charge in [0.15, 0.2) is 0 Å². The van der Waals surface area contributed by atoms with Crippen molar-refractivity contribution in [2.45, 2.75) is 41.0 Å². The first-order valence-electron chi connectivity index (χ1n) is 4.36. The third-order valence-corrected chi connectivity index (χ3v) is 1.55. The number of hydrogen-bond donors (Lipinski definition) is 0. The molecule has 0 saturated heterocycles. The van der Waals surface area contributed by atoms with Crippen LogP contribution in [0.15, 0.2) is 12.2 Å². The van der Waals surface area contributed by atoms with E-state index >= 15 is 0 Å². The first kappa shape index (κ1) is 11.2.